The van der Waals surface area contributed by atoms with Crippen LogP contribution in [0.5, 0.6) is 0 Å². The van der Waals surface area contributed by atoms with E-state index in [0.29, 0.717) is 6.61 Å². The first kappa shape index (κ1) is 13.3. The molecule has 0 aromatic carbocycles. The number of carbonyl (C=O) groups is 1. The van der Waals surface area contributed by atoms with Gasteiger partial charge in [-0.15, -0.1) is 0 Å². The molecule has 0 spiro atoms. The van der Waals surface area contributed by atoms with Crippen molar-refractivity contribution >= 4 is 6.09 Å². The molecule has 94 valence electrons. The molecule has 5 nitrogen and oxygen atoms in total. The van der Waals surface area contributed by atoms with E-state index in [1.54, 1.807) is 0 Å². The maximum atomic E-state index is 11.5. The van der Waals surface area contributed by atoms with Gasteiger partial charge in [0, 0.05) is 6.04 Å². The molecule has 3 unspecified atom stereocenters. The third-order valence-corrected chi connectivity index (χ3v) is 2.38. The fourth-order valence-electron chi connectivity index (χ4n) is 1.62. The Kier molecular flexibility index (Phi) is 4.15. The molecular weight excluding hydrogens is 208 g/mol. The maximum absolute atomic E-state index is 11.5. The molecule has 0 aromatic rings. The summed E-state index contributed by atoms with van der Waals surface area (Å²) in [6.07, 6.45) is 0.433. The summed E-state index contributed by atoms with van der Waals surface area (Å²) in [5.74, 6) is 0. The lowest BCUT2D eigenvalue weighted by molar-refractivity contribution is -0.00394. The van der Waals surface area contributed by atoms with Crippen molar-refractivity contribution in [2.45, 2.75) is 57.9 Å². The van der Waals surface area contributed by atoms with Crippen molar-refractivity contribution in [2.75, 3.05) is 6.61 Å². The summed E-state index contributed by atoms with van der Waals surface area (Å²) in [5, 5.41) is 2.79. The third-order valence-electron chi connectivity index (χ3n) is 2.38. The van der Waals surface area contributed by atoms with E-state index < -0.39 is 11.7 Å². The van der Waals surface area contributed by atoms with E-state index in [-0.39, 0.29) is 18.2 Å². The molecule has 0 aromatic heterocycles. The van der Waals surface area contributed by atoms with Crippen LogP contribution in [0.25, 0.3) is 0 Å². The Bertz CT molecular complexity index is 250. The molecule has 0 aliphatic carbocycles. The van der Waals surface area contributed by atoms with Gasteiger partial charge in [0.1, 0.15) is 5.60 Å². The summed E-state index contributed by atoms with van der Waals surface area (Å²) in [5.41, 5.74) is 5.38. The van der Waals surface area contributed by atoms with Crippen LogP contribution >= 0.6 is 0 Å². The zero-order valence-electron chi connectivity index (χ0n) is 10.4. The largest absolute Gasteiger partial charge is 0.444 e. The SMILES string of the molecule is CC1CC(NC(=O)OC(C)(C)C)C(N)CO1. The third kappa shape index (κ3) is 4.37. The van der Waals surface area contributed by atoms with Crippen LogP contribution in [0, 0.1) is 0 Å². The summed E-state index contributed by atoms with van der Waals surface area (Å²) in [4.78, 5) is 11.5. The quantitative estimate of drug-likeness (QED) is 0.705. The molecule has 1 aliphatic rings. The first-order valence-corrected chi connectivity index (χ1v) is 5.64. The second-order valence-electron chi connectivity index (χ2n) is 5.30. The molecule has 1 amide bonds. The Hall–Kier alpha value is -0.810. The fourth-order valence-corrected chi connectivity index (χ4v) is 1.62. The molecule has 3 N–H and O–H groups in total. The summed E-state index contributed by atoms with van der Waals surface area (Å²) >= 11 is 0. The topological polar surface area (TPSA) is 73.6 Å². The summed E-state index contributed by atoms with van der Waals surface area (Å²) in [6, 6.07) is -0.234. The van der Waals surface area contributed by atoms with Gasteiger partial charge >= 0.3 is 6.09 Å². The average molecular weight is 230 g/mol. The molecule has 5 heteroatoms. The van der Waals surface area contributed by atoms with Crippen molar-refractivity contribution in [1.29, 1.82) is 0 Å². The molecule has 3 atom stereocenters. The molecule has 1 heterocycles. The van der Waals surface area contributed by atoms with E-state index in [2.05, 4.69) is 5.32 Å². The molecule has 1 rings (SSSR count). The number of ether oxygens (including phenoxy) is 2. The number of carbonyl (C=O) groups excluding carboxylic acids is 1. The van der Waals surface area contributed by atoms with E-state index in [1.165, 1.54) is 0 Å². The van der Waals surface area contributed by atoms with Gasteiger partial charge in [0.25, 0.3) is 0 Å². The number of hydrogen-bond acceptors (Lipinski definition) is 4. The number of hydrogen-bond donors (Lipinski definition) is 2. The van der Waals surface area contributed by atoms with E-state index >= 15 is 0 Å². The lowest BCUT2D eigenvalue weighted by atomic mass is 10.0. The molecule has 0 radical (unpaired) electrons. The standard InChI is InChI=1S/C11H22N2O3/c1-7-5-9(8(12)6-15-7)13-10(14)16-11(2,3)4/h7-9H,5-6,12H2,1-4H3,(H,13,14). The zero-order valence-corrected chi connectivity index (χ0v) is 10.4. The van der Waals surface area contributed by atoms with E-state index in [1.807, 2.05) is 27.7 Å². The molecule has 16 heavy (non-hydrogen) atoms. The highest BCUT2D eigenvalue weighted by Crippen LogP contribution is 2.14. The lowest BCUT2D eigenvalue weighted by Gasteiger charge is -2.33. The smallest absolute Gasteiger partial charge is 0.407 e. The second-order valence-corrected chi connectivity index (χ2v) is 5.30. The summed E-state index contributed by atoms with van der Waals surface area (Å²) < 4.78 is 10.6. The molecule has 1 fully saturated rings. The first-order valence-electron chi connectivity index (χ1n) is 5.64. The van der Waals surface area contributed by atoms with Gasteiger partial charge < -0.3 is 20.5 Å². The van der Waals surface area contributed by atoms with Crippen molar-refractivity contribution < 1.29 is 14.3 Å². The number of alkyl carbamates (subject to hydrolysis) is 1. The number of amides is 1. The van der Waals surface area contributed by atoms with Crippen LogP contribution in [0.3, 0.4) is 0 Å². The maximum Gasteiger partial charge on any atom is 0.407 e. The van der Waals surface area contributed by atoms with Crippen LogP contribution in [-0.2, 0) is 9.47 Å². The Labute approximate surface area is 96.7 Å². The molecule has 0 saturated carbocycles. The number of nitrogens with one attached hydrogen (secondary N) is 1. The number of nitrogens with two attached hydrogens (primary N) is 1. The van der Waals surface area contributed by atoms with Crippen molar-refractivity contribution in [3.8, 4) is 0 Å². The molecule has 1 aliphatic heterocycles. The van der Waals surface area contributed by atoms with Crippen molar-refractivity contribution in [1.82, 2.24) is 5.32 Å². The minimum absolute atomic E-state index is 0.0707. The fraction of sp³-hybridized carbons (Fsp3) is 0.909. The van der Waals surface area contributed by atoms with Gasteiger partial charge in [-0.05, 0) is 34.1 Å². The predicted octanol–water partition coefficient (Wildman–Crippen LogP) is 1.02. The monoisotopic (exact) mass is 230 g/mol. The Morgan fingerprint density at radius 1 is 1.50 bits per heavy atom. The Morgan fingerprint density at radius 3 is 2.69 bits per heavy atom. The van der Waals surface area contributed by atoms with E-state index in [4.69, 9.17) is 15.2 Å². The molecule has 0 bridgehead atoms. The highest BCUT2D eigenvalue weighted by Gasteiger charge is 2.29. The van der Waals surface area contributed by atoms with Gasteiger partial charge in [0.15, 0.2) is 0 Å². The lowest BCUT2D eigenvalue weighted by Crippen LogP contribution is -2.55. The highest BCUT2D eigenvalue weighted by atomic mass is 16.6. The van der Waals surface area contributed by atoms with Crippen LogP contribution in [0.15, 0.2) is 0 Å². The van der Waals surface area contributed by atoms with Gasteiger partial charge in [0.05, 0.1) is 18.8 Å². The van der Waals surface area contributed by atoms with E-state index in [0.717, 1.165) is 6.42 Å². The van der Waals surface area contributed by atoms with Gasteiger partial charge in [-0.1, -0.05) is 0 Å². The van der Waals surface area contributed by atoms with Crippen LogP contribution in [-0.4, -0.2) is 36.5 Å². The van der Waals surface area contributed by atoms with Crippen LogP contribution in [0.1, 0.15) is 34.1 Å². The van der Waals surface area contributed by atoms with Crippen molar-refractivity contribution in [2.24, 2.45) is 5.73 Å². The highest BCUT2D eigenvalue weighted by molar-refractivity contribution is 5.68. The average Bonchev–Trinajstić information content (AvgIpc) is 2.08. The van der Waals surface area contributed by atoms with E-state index in [9.17, 15) is 4.79 Å². The van der Waals surface area contributed by atoms with Crippen molar-refractivity contribution in [3.05, 3.63) is 0 Å². The zero-order chi connectivity index (χ0) is 12.3. The molecule has 1 saturated heterocycles. The first-order chi connectivity index (χ1) is 7.28. The van der Waals surface area contributed by atoms with Gasteiger partial charge in [-0.25, -0.2) is 4.79 Å². The normalized spacial score (nSPS) is 30.9. The van der Waals surface area contributed by atoms with Crippen LogP contribution < -0.4 is 11.1 Å². The van der Waals surface area contributed by atoms with Gasteiger partial charge in [-0.2, -0.15) is 0 Å². The number of rotatable bonds is 1. The Morgan fingerprint density at radius 2 is 2.12 bits per heavy atom. The molecular formula is C11H22N2O3. The van der Waals surface area contributed by atoms with Gasteiger partial charge in [0.2, 0.25) is 0 Å². The predicted molar refractivity (Wildman–Crippen MR) is 61.2 cm³/mol. The van der Waals surface area contributed by atoms with Gasteiger partial charge in [-0.3, -0.25) is 0 Å². The summed E-state index contributed by atoms with van der Waals surface area (Å²) in [6.45, 7) is 7.94. The minimum Gasteiger partial charge on any atom is -0.444 e. The minimum atomic E-state index is -0.481. The summed E-state index contributed by atoms with van der Waals surface area (Å²) in [7, 11) is 0. The Balaban J connectivity index is 2.43. The second kappa shape index (κ2) is 5.01. The van der Waals surface area contributed by atoms with Crippen LogP contribution in [0.4, 0.5) is 4.79 Å². The van der Waals surface area contributed by atoms with Crippen LogP contribution in [0.2, 0.25) is 0 Å². The van der Waals surface area contributed by atoms with Crippen molar-refractivity contribution in [3.63, 3.8) is 0 Å².